The van der Waals surface area contributed by atoms with Crippen LogP contribution in [-0.4, -0.2) is 25.4 Å². The van der Waals surface area contributed by atoms with Crippen LogP contribution in [0.25, 0.3) is 0 Å². The number of nitrogens with two attached hydrogens (primary N) is 1. The van der Waals surface area contributed by atoms with E-state index in [9.17, 15) is 0 Å². The van der Waals surface area contributed by atoms with Gasteiger partial charge in [-0.05, 0) is 28.9 Å². The van der Waals surface area contributed by atoms with Gasteiger partial charge in [-0.1, -0.05) is 0 Å². The maximum atomic E-state index is 9.07. The molecule has 0 bridgehead atoms. The van der Waals surface area contributed by atoms with Crippen molar-refractivity contribution in [2.45, 2.75) is 13.0 Å². The standard InChI is InChI=1S/C11H16BrNO3/c1-3-16-10-5-11(15-2)8(12)4-7(10)9(13)6-14/h4-5,9,14H,3,6,13H2,1-2H3. The number of rotatable bonds is 5. The summed E-state index contributed by atoms with van der Waals surface area (Å²) in [5.41, 5.74) is 6.56. The Labute approximate surface area is 103 Å². The molecule has 90 valence electrons. The Morgan fingerprint density at radius 1 is 1.44 bits per heavy atom. The first-order valence-electron chi connectivity index (χ1n) is 5.00. The maximum Gasteiger partial charge on any atom is 0.136 e. The van der Waals surface area contributed by atoms with Gasteiger partial charge >= 0.3 is 0 Å². The summed E-state index contributed by atoms with van der Waals surface area (Å²) in [7, 11) is 1.58. The van der Waals surface area contributed by atoms with Crippen molar-refractivity contribution in [3.8, 4) is 11.5 Å². The summed E-state index contributed by atoms with van der Waals surface area (Å²) in [4.78, 5) is 0. The van der Waals surface area contributed by atoms with Crippen LogP contribution in [0, 0.1) is 0 Å². The fourth-order valence-electron chi connectivity index (χ4n) is 1.38. The molecule has 0 heterocycles. The van der Waals surface area contributed by atoms with Crippen molar-refractivity contribution in [1.29, 1.82) is 0 Å². The van der Waals surface area contributed by atoms with E-state index in [0.29, 0.717) is 18.1 Å². The van der Waals surface area contributed by atoms with Crippen LogP contribution in [0.15, 0.2) is 16.6 Å². The second-order valence-electron chi connectivity index (χ2n) is 3.25. The van der Waals surface area contributed by atoms with Gasteiger partial charge in [0, 0.05) is 11.6 Å². The SMILES string of the molecule is CCOc1cc(OC)c(Br)cc1C(N)CO. The molecular formula is C11H16BrNO3. The summed E-state index contributed by atoms with van der Waals surface area (Å²) in [5.74, 6) is 1.32. The lowest BCUT2D eigenvalue weighted by atomic mass is 10.1. The Hall–Kier alpha value is -0.780. The quantitative estimate of drug-likeness (QED) is 0.868. The third kappa shape index (κ3) is 2.87. The van der Waals surface area contributed by atoms with E-state index in [1.54, 1.807) is 13.2 Å². The number of hydrogen-bond acceptors (Lipinski definition) is 4. The van der Waals surface area contributed by atoms with E-state index in [1.807, 2.05) is 13.0 Å². The van der Waals surface area contributed by atoms with Crippen LogP contribution in [0.4, 0.5) is 0 Å². The second kappa shape index (κ2) is 6.08. The van der Waals surface area contributed by atoms with Crippen molar-refractivity contribution >= 4 is 15.9 Å². The minimum atomic E-state index is -0.455. The van der Waals surface area contributed by atoms with Crippen LogP contribution < -0.4 is 15.2 Å². The molecule has 0 saturated heterocycles. The first-order valence-corrected chi connectivity index (χ1v) is 5.80. The Kier molecular flexibility index (Phi) is 5.05. The van der Waals surface area contributed by atoms with Crippen molar-refractivity contribution in [3.63, 3.8) is 0 Å². The topological polar surface area (TPSA) is 64.7 Å². The Morgan fingerprint density at radius 3 is 2.62 bits per heavy atom. The molecule has 0 aliphatic heterocycles. The Morgan fingerprint density at radius 2 is 2.12 bits per heavy atom. The summed E-state index contributed by atoms with van der Waals surface area (Å²) in [6, 6.07) is 3.12. The molecule has 3 N–H and O–H groups in total. The lowest BCUT2D eigenvalue weighted by molar-refractivity contribution is 0.261. The molecule has 0 aromatic heterocycles. The summed E-state index contributed by atoms with van der Waals surface area (Å²) in [5, 5.41) is 9.07. The first-order chi connectivity index (χ1) is 7.63. The second-order valence-corrected chi connectivity index (χ2v) is 4.10. The van der Waals surface area contributed by atoms with Crippen LogP contribution in [0.3, 0.4) is 0 Å². The Balaban J connectivity index is 3.18. The number of halogens is 1. The maximum absolute atomic E-state index is 9.07. The van der Waals surface area contributed by atoms with E-state index in [-0.39, 0.29) is 6.61 Å². The highest BCUT2D eigenvalue weighted by atomic mass is 79.9. The molecule has 0 fully saturated rings. The molecule has 1 aromatic carbocycles. The largest absolute Gasteiger partial charge is 0.495 e. The van der Waals surface area contributed by atoms with Crippen molar-refractivity contribution in [1.82, 2.24) is 0 Å². The third-order valence-electron chi connectivity index (χ3n) is 2.18. The molecular weight excluding hydrogens is 274 g/mol. The minimum absolute atomic E-state index is 0.126. The van der Waals surface area contributed by atoms with Gasteiger partial charge in [0.05, 0.1) is 30.8 Å². The predicted molar refractivity (Wildman–Crippen MR) is 65.9 cm³/mol. The molecule has 5 heteroatoms. The van der Waals surface area contributed by atoms with Crippen molar-refractivity contribution in [3.05, 3.63) is 22.2 Å². The van der Waals surface area contributed by atoms with Gasteiger partial charge in [0.2, 0.25) is 0 Å². The van der Waals surface area contributed by atoms with E-state index < -0.39 is 6.04 Å². The normalized spacial score (nSPS) is 12.3. The van der Waals surface area contributed by atoms with Crippen LogP contribution in [0.5, 0.6) is 11.5 Å². The molecule has 0 saturated carbocycles. The molecule has 0 spiro atoms. The van der Waals surface area contributed by atoms with Crippen molar-refractivity contribution < 1.29 is 14.6 Å². The molecule has 0 amide bonds. The van der Waals surface area contributed by atoms with Crippen LogP contribution in [0.2, 0.25) is 0 Å². The number of benzene rings is 1. The van der Waals surface area contributed by atoms with Gasteiger partial charge in [0.1, 0.15) is 11.5 Å². The smallest absolute Gasteiger partial charge is 0.136 e. The molecule has 1 atom stereocenters. The molecule has 4 nitrogen and oxygen atoms in total. The number of hydrogen-bond donors (Lipinski definition) is 2. The zero-order valence-corrected chi connectivity index (χ0v) is 11.0. The van der Waals surface area contributed by atoms with Gasteiger partial charge in [-0.25, -0.2) is 0 Å². The fraction of sp³-hybridized carbons (Fsp3) is 0.455. The summed E-state index contributed by atoms with van der Waals surface area (Å²) >= 11 is 3.37. The average Bonchev–Trinajstić information content (AvgIpc) is 2.30. The Bertz CT molecular complexity index is 357. The van der Waals surface area contributed by atoms with Crippen LogP contribution >= 0.6 is 15.9 Å². The number of ether oxygens (including phenoxy) is 2. The number of aliphatic hydroxyl groups excluding tert-OH is 1. The molecule has 1 unspecified atom stereocenters. The highest BCUT2D eigenvalue weighted by Crippen LogP contribution is 2.35. The zero-order valence-electron chi connectivity index (χ0n) is 9.37. The van der Waals surface area contributed by atoms with E-state index in [1.165, 1.54) is 0 Å². The van der Waals surface area contributed by atoms with Gasteiger partial charge in [-0.2, -0.15) is 0 Å². The monoisotopic (exact) mass is 289 g/mol. The molecule has 16 heavy (non-hydrogen) atoms. The van der Waals surface area contributed by atoms with Crippen LogP contribution in [0.1, 0.15) is 18.5 Å². The van der Waals surface area contributed by atoms with Crippen molar-refractivity contribution in [2.75, 3.05) is 20.3 Å². The summed E-state index contributed by atoms with van der Waals surface area (Å²) in [6.07, 6.45) is 0. The van der Waals surface area contributed by atoms with E-state index in [2.05, 4.69) is 15.9 Å². The van der Waals surface area contributed by atoms with E-state index >= 15 is 0 Å². The van der Waals surface area contributed by atoms with Gasteiger partial charge in [0.15, 0.2) is 0 Å². The van der Waals surface area contributed by atoms with Gasteiger partial charge < -0.3 is 20.3 Å². The number of aliphatic hydroxyl groups is 1. The third-order valence-corrected chi connectivity index (χ3v) is 2.80. The van der Waals surface area contributed by atoms with Gasteiger partial charge in [0.25, 0.3) is 0 Å². The molecule has 0 aliphatic carbocycles. The zero-order chi connectivity index (χ0) is 12.1. The predicted octanol–water partition coefficient (Wildman–Crippen LogP) is 1.85. The van der Waals surface area contributed by atoms with E-state index in [4.69, 9.17) is 20.3 Å². The lowest BCUT2D eigenvalue weighted by Gasteiger charge is -2.16. The summed E-state index contributed by atoms with van der Waals surface area (Å²) < 4.78 is 11.4. The molecule has 0 radical (unpaired) electrons. The molecule has 1 aromatic rings. The molecule has 0 aliphatic rings. The summed E-state index contributed by atoms with van der Waals surface area (Å²) in [6.45, 7) is 2.30. The van der Waals surface area contributed by atoms with E-state index in [0.717, 1.165) is 10.0 Å². The minimum Gasteiger partial charge on any atom is -0.495 e. The average molecular weight is 290 g/mol. The highest BCUT2D eigenvalue weighted by molar-refractivity contribution is 9.10. The van der Waals surface area contributed by atoms with Crippen molar-refractivity contribution in [2.24, 2.45) is 5.73 Å². The number of methoxy groups -OCH3 is 1. The first kappa shape index (κ1) is 13.3. The highest BCUT2D eigenvalue weighted by Gasteiger charge is 2.15. The van der Waals surface area contributed by atoms with Gasteiger partial charge in [-0.3, -0.25) is 0 Å². The van der Waals surface area contributed by atoms with Crippen LogP contribution in [-0.2, 0) is 0 Å². The lowest BCUT2D eigenvalue weighted by Crippen LogP contribution is -2.16. The molecule has 1 rings (SSSR count). The fourth-order valence-corrected chi connectivity index (χ4v) is 1.90. The van der Waals surface area contributed by atoms with Gasteiger partial charge in [-0.15, -0.1) is 0 Å².